The Labute approximate surface area is 173 Å². The number of ether oxygens (including phenoxy) is 1. The molecule has 2 amide bonds. The third-order valence-corrected chi connectivity index (χ3v) is 5.42. The van der Waals surface area contributed by atoms with Crippen LogP contribution in [0, 0.1) is 6.92 Å². The van der Waals surface area contributed by atoms with Gasteiger partial charge in [0.15, 0.2) is 6.61 Å². The third kappa shape index (κ3) is 6.08. The maximum absolute atomic E-state index is 13.0. The van der Waals surface area contributed by atoms with Crippen LogP contribution >= 0.6 is 0 Å². The molecule has 1 fully saturated rings. The molecule has 2 aromatic rings. The van der Waals surface area contributed by atoms with Crippen LogP contribution in [0.15, 0.2) is 54.6 Å². The first-order valence-electron chi connectivity index (χ1n) is 10.4. The van der Waals surface area contributed by atoms with Crippen LogP contribution < -0.4 is 10.1 Å². The number of hydrogen-bond donors (Lipinski definition) is 1. The highest BCUT2D eigenvalue weighted by Gasteiger charge is 2.28. The molecule has 0 bridgehead atoms. The predicted octanol–water partition coefficient (Wildman–Crippen LogP) is 3.85. The average Bonchev–Trinajstić information content (AvgIpc) is 3.23. The van der Waals surface area contributed by atoms with Gasteiger partial charge in [-0.25, -0.2) is 0 Å². The predicted molar refractivity (Wildman–Crippen MR) is 114 cm³/mol. The molecule has 154 valence electrons. The van der Waals surface area contributed by atoms with Crippen molar-refractivity contribution >= 4 is 11.8 Å². The lowest BCUT2D eigenvalue weighted by Gasteiger charge is -2.29. The first-order valence-corrected chi connectivity index (χ1v) is 10.4. The van der Waals surface area contributed by atoms with Gasteiger partial charge in [0, 0.05) is 12.6 Å². The maximum atomic E-state index is 13.0. The van der Waals surface area contributed by atoms with Crippen molar-refractivity contribution in [1.82, 2.24) is 10.2 Å². The van der Waals surface area contributed by atoms with E-state index in [4.69, 9.17) is 4.74 Å². The van der Waals surface area contributed by atoms with Gasteiger partial charge >= 0.3 is 0 Å². The van der Waals surface area contributed by atoms with Crippen LogP contribution in [0.3, 0.4) is 0 Å². The summed E-state index contributed by atoms with van der Waals surface area (Å²) in [5.74, 6) is 0.349. The van der Waals surface area contributed by atoms with Crippen molar-refractivity contribution < 1.29 is 14.3 Å². The van der Waals surface area contributed by atoms with Gasteiger partial charge in [-0.15, -0.1) is 0 Å². The zero-order valence-electron chi connectivity index (χ0n) is 17.3. The molecule has 1 saturated carbocycles. The number of hydrogen-bond acceptors (Lipinski definition) is 3. The van der Waals surface area contributed by atoms with Crippen LogP contribution in [0.4, 0.5) is 0 Å². The first kappa shape index (κ1) is 20.9. The molecule has 3 rings (SSSR count). The van der Waals surface area contributed by atoms with E-state index in [-0.39, 0.29) is 24.5 Å². The molecule has 0 radical (unpaired) electrons. The van der Waals surface area contributed by atoms with E-state index in [2.05, 4.69) is 5.32 Å². The van der Waals surface area contributed by atoms with Crippen molar-refractivity contribution in [2.24, 2.45) is 0 Å². The minimum atomic E-state index is -0.565. The highest BCUT2D eigenvalue weighted by Crippen LogP contribution is 2.19. The number of aryl methyl sites for hydroxylation is 1. The van der Waals surface area contributed by atoms with Crippen molar-refractivity contribution in [1.29, 1.82) is 0 Å². The molecule has 0 spiro atoms. The zero-order valence-corrected chi connectivity index (χ0v) is 17.3. The van der Waals surface area contributed by atoms with Crippen LogP contribution in [0.2, 0.25) is 0 Å². The number of benzene rings is 2. The Morgan fingerprint density at radius 2 is 1.83 bits per heavy atom. The first-order chi connectivity index (χ1) is 14.0. The Morgan fingerprint density at radius 1 is 1.10 bits per heavy atom. The van der Waals surface area contributed by atoms with Crippen LogP contribution in [0.1, 0.15) is 43.7 Å². The van der Waals surface area contributed by atoms with Gasteiger partial charge in [-0.05, 0) is 49.9 Å². The third-order valence-electron chi connectivity index (χ3n) is 5.42. The van der Waals surface area contributed by atoms with Gasteiger partial charge < -0.3 is 15.0 Å². The molecule has 1 aliphatic carbocycles. The topological polar surface area (TPSA) is 58.6 Å². The number of nitrogens with zero attached hydrogens (tertiary/aromatic N) is 1. The summed E-state index contributed by atoms with van der Waals surface area (Å²) in [5.41, 5.74) is 2.05. The molecule has 0 aromatic heterocycles. The van der Waals surface area contributed by atoms with Gasteiger partial charge in [0.2, 0.25) is 5.91 Å². The summed E-state index contributed by atoms with van der Waals surface area (Å²) in [6.07, 6.45) is 4.33. The normalized spacial score (nSPS) is 15.0. The molecule has 0 saturated heterocycles. The minimum absolute atomic E-state index is 0.0999. The van der Waals surface area contributed by atoms with E-state index in [9.17, 15) is 9.59 Å². The smallest absolute Gasteiger partial charge is 0.261 e. The van der Waals surface area contributed by atoms with Crippen molar-refractivity contribution in [3.63, 3.8) is 0 Å². The molecular formula is C24H30N2O3. The second-order valence-corrected chi connectivity index (χ2v) is 7.78. The molecule has 29 heavy (non-hydrogen) atoms. The lowest BCUT2D eigenvalue weighted by molar-refractivity contribution is -0.142. The van der Waals surface area contributed by atoms with Gasteiger partial charge in [0.25, 0.3) is 5.91 Å². The average molecular weight is 395 g/mol. The molecule has 1 aliphatic rings. The molecular weight excluding hydrogens is 364 g/mol. The maximum Gasteiger partial charge on any atom is 0.261 e. The summed E-state index contributed by atoms with van der Waals surface area (Å²) < 4.78 is 5.71. The number of amides is 2. The van der Waals surface area contributed by atoms with Gasteiger partial charge in [0.1, 0.15) is 11.8 Å². The summed E-state index contributed by atoms with van der Waals surface area (Å²) in [5, 5.41) is 3.11. The van der Waals surface area contributed by atoms with E-state index in [0.717, 1.165) is 36.8 Å². The summed E-state index contributed by atoms with van der Waals surface area (Å²) >= 11 is 0. The van der Waals surface area contributed by atoms with Gasteiger partial charge in [0.05, 0.1) is 0 Å². The van der Waals surface area contributed by atoms with Gasteiger partial charge in [-0.2, -0.15) is 0 Å². The molecule has 1 N–H and O–H groups in total. The fourth-order valence-corrected chi connectivity index (χ4v) is 3.69. The molecule has 5 heteroatoms. The van der Waals surface area contributed by atoms with Crippen molar-refractivity contribution in [3.05, 3.63) is 65.7 Å². The Balaban J connectivity index is 1.68. The highest BCUT2D eigenvalue weighted by molar-refractivity contribution is 5.88. The second kappa shape index (κ2) is 10.1. The van der Waals surface area contributed by atoms with Crippen LogP contribution in [0.25, 0.3) is 0 Å². The Morgan fingerprint density at radius 3 is 2.52 bits per heavy atom. The molecule has 1 atom stereocenters. The van der Waals surface area contributed by atoms with E-state index in [1.165, 1.54) is 0 Å². The number of carbonyl (C=O) groups excluding carboxylic acids is 2. The largest absolute Gasteiger partial charge is 0.484 e. The van der Waals surface area contributed by atoms with Crippen molar-refractivity contribution in [2.45, 2.75) is 58.2 Å². The lowest BCUT2D eigenvalue weighted by atomic mass is 10.1. The number of carbonyl (C=O) groups is 2. The van der Waals surface area contributed by atoms with E-state index in [0.29, 0.717) is 12.3 Å². The fourth-order valence-electron chi connectivity index (χ4n) is 3.69. The standard InChI is InChI=1S/C24H30N2O3/c1-18-9-8-14-22(15-18)29-17-23(27)26(16-20-10-4-3-5-11-20)19(2)24(28)25-21-12-6-7-13-21/h3-5,8-11,14-15,19,21H,6-7,12-13,16-17H2,1-2H3,(H,25,28)/t19-/m1/s1. The van der Waals surface area contributed by atoms with Crippen molar-refractivity contribution in [3.8, 4) is 5.75 Å². The molecule has 2 aromatic carbocycles. The summed E-state index contributed by atoms with van der Waals surface area (Å²) in [7, 11) is 0. The summed E-state index contributed by atoms with van der Waals surface area (Å²) in [4.78, 5) is 27.4. The quantitative estimate of drug-likeness (QED) is 0.740. The number of rotatable bonds is 8. The molecule has 0 unspecified atom stereocenters. The summed E-state index contributed by atoms with van der Waals surface area (Å²) in [6.45, 7) is 4.04. The molecule has 0 heterocycles. The SMILES string of the molecule is Cc1cccc(OCC(=O)N(Cc2ccccc2)[C@H](C)C(=O)NC2CCCC2)c1. The Bertz CT molecular complexity index is 816. The second-order valence-electron chi connectivity index (χ2n) is 7.78. The van der Waals surface area contributed by atoms with Crippen LogP contribution in [0.5, 0.6) is 5.75 Å². The number of nitrogens with one attached hydrogen (secondary N) is 1. The van der Waals surface area contributed by atoms with E-state index in [1.807, 2.05) is 61.5 Å². The van der Waals surface area contributed by atoms with E-state index < -0.39 is 6.04 Å². The molecule has 5 nitrogen and oxygen atoms in total. The monoisotopic (exact) mass is 394 g/mol. The van der Waals surface area contributed by atoms with Gasteiger partial charge in [-0.3, -0.25) is 9.59 Å². The van der Waals surface area contributed by atoms with Crippen LogP contribution in [-0.4, -0.2) is 35.4 Å². The van der Waals surface area contributed by atoms with E-state index in [1.54, 1.807) is 11.8 Å². The van der Waals surface area contributed by atoms with Crippen LogP contribution in [-0.2, 0) is 16.1 Å². The summed E-state index contributed by atoms with van der Waals surface area (Å²) in [6, 6.07) is 17.0. The highest BCUT2D eigenvalue weighted by atomic mass is 16.5. The Kier molecular flexibility index (Phi) is 7.28. The Hall–Kier alpha value is -2.82. The van der Waals surface area contributed by atoms with Crippen molar-refractivity contribution in [2.75, 3.05) is 6.61 Å². The molecule has 0 aliphatic heterocycles. The zero-order chi connectivity index (χ0) is 20.6. The van der Waals surface area contributed by atoms with Gasteiger partial charge in [-0.1, -0.05) is 55.3 Å². The minimum Gasteiger partial charge on any atom is -0.484 e. The van der Waals surface area contributed by atoms with E-state index >= 15 is 0 Å². The fraction of sp³-hybridized carbons (Fsp3) is 0.417. The lowest BCUT2D eigenvalue weighted by Crippen LogP contribution is -2.50.